The van der Waals surface area contributed by atoms with E-state index in [0.29, 0.717) is 37.6 Å². The summed E-state index contributed by atoms with van der Waals surface area (Å²) in [6.07, 6.45) is 3.85. The highest BCUT2D eigenvalue weighted by Gasteiger charge is 2.28. The lowest BCUT2D eigenvalue weighted by Crippen LogP contribution is -2.50. The molecule has 0 spiro atoms. The number of carbonyl (C=O) groups is 1. The molecule has 1 aliphatic rings. The fraction of sp³-hybridized carbons (Fsp3) is 0.389. The van der Waals surface area contributed by atoms with Crippen LogP contribution in [0.1, 0.15) is 22.5 Å². The van der Waals surface area contributed by atoms with Gasteiger partial charge in [0.2, 0.25) is 0 Å². The summed E-state index contributed by atoms with van der Waals surface area (Å²) in [4.78, 5) is 20.9. The molecule has 2 atom stereocenters. The summed E-state index contributed by atoms with van der Waals surface area (Å²) in [6, 6.07) is 9.01. The lowest BCUT2D eigenvalue weighted by molar-refractivity contribution is -0.0743. The average molecular weight is 342 g/mol. The van der Waals surface area contributed by atoms with E-state index >= 15 is 0 Å². The van der Waals surface area contributed by atoms with Crippen molar-refractivity contribution in [3.63, 3.8) is 0 Å². The van der Waals surface area contributed by atoms with Crippen LogP contribution in [0.4, 0.5) is 5.82 Å². The Bertz CT molecular complexity index is 696. The molecule has 0 bridgehead atoms. The van der Waals surface area contributed by atoms with Crippen LogP contribution < -0.4 is 10.6 Å². The zero-order valence-electron chi connectivity index (χ0n) is 14.1. The smallest absolute Gasteiger partial charge is 0.251 e. The topological polar surface area (TPSA) is 85.4 Å². The minimum Gasteiger partial charge on any atom is -0.379 e. The summed E-state index contributed by atoms with van der Waals surface area (Å²) >= 11 is 0. The fourth-order valence-electron chi connectivity index (χ4n) is 2.68. The minimum absolute atomic E-state index is 0.101. The normalized spacial score (nSPS) is 20.0. The quantitative estimate of drug-likeness (QED) is 0.830. The number of anilines is 1. The zero-order valence-corrected chi connectivity index (χ0v) is 14.1. The first-order valence-electron chi connectivity index (χ1n) is 8.30. The molecule has 0 unspecified atom stereocenters. The van der Waals surface area contributed by atoms with E-state index in [1.165, 1.54) is 0 Å². The van der Waals surface area contributed by atoms with Crippen molar-refractivity contribution in [2.45, 2.75) is 25.2 Å². The number of ether oxygens (including phenoxy) is 2. The largest absolute Gasteiger partial charge is 0.379 e. The second kappa shape index (κ2) is 8.55. The minimum atomic E-state index is -0.203. The average Bonchev–Trinajstić information content (AvgIpc) is 2.68. The van der Waals surface area contributed by atoms with Gasteiger partial charge < -0.3 is 20.1 Å². The predicted octanol–water partition coefficient (Wildman–Crippen LogP) is 1.62. The van der Waals surface area contributed by atoms with Crippen molar-refractivity contribution in [3.05, 3.63) is 54.0 Å². The maximum atomic E-state index is 12.5. The Kier molecular flexibility index (Phi) is 5.92. The van der Waals surface area contributed by atoms with Gasteiger partial charge in [0.25, 0.3) is 5.91 Å². The molecule has 2 aromatic heterocycles. The molecule has 0 saturated carbocycles. The lowest BCUT2D eigenvalue weighted by atomic mass is 10.1. The van der Waals surface area contributed by atoms with Crippen LogP contribution in [0.2, 0.25) is 0 Å². The molecule has 3 rings (SSSR count). The molecule has 2 aromatic rings. The van der Waals surface area contributed by atoms with E-state index in [4.69, 9.17) is 9.47 Å². The van der Waals surface area contributed by atoms with Gasteiger partial charge in [0, 0.05) is 31.6 Å². The highest BCUT2D eigenvalue weighted by molar-refractivity contribution is 5.95. The molecular weight excluding hydrogens is 320 g/mol. The lowest BCUT2D eigenvalue weighted by Gasteiger charge is -2.32. The predicted molar refractivity (Wildman–Crippen MR) is 93.3 cm³/mol. The molecule has 25 heavy (non-hydrogen) atoms. The Balaban J connectivity index is 1.61. The van der Waals surface area contributed by atoms with Gasteiger partial charge in [-0.1, -0.05) is 6.07 Å². The molecule has 0 aliphatic carbocycles. The summed E-state index contributed by atoms with van der Waals surface area (Å²) in [7, 11) is 1.77. The number of nitrogens with zero attached hydrogens (tertiary/aromatic N) is 2. The molecule has 1 aliphatic heterocycles. The molecule has 3 heterocycles. The highest BCUT2D eigenvalue weighted by Crippen LogP contribution is 2.15. The Morgan fingerprint density at radius 3 is 3.04 bits per heavy atom. The van der Waals surface area contributed by atoms with E-state index < -0.39 is 0 Å². The number of carbonyl (C=O) groups excluding carboxylic acids is 1. The molecule has 1 fully saturated rings. The molecular formula is C18H22N4O3. The van der Waals surface area contributed by atoms with Gasteiger partial charge in [-0.2, -0.15) is 0 Å². The van der Waals surface area contributed by atoms with Crippen LogP contribution >= 0.6 is 0 Å². The molecule has 7 heteroatoms. The van der Waals surface area contributed by atoms with Crippen molar-refractivity contribution in [1.82, 2.24) is 15.3 Å². The van der Waals surface area contributed by atoms with Crippen molar-refractivity contribution in [2.24, 2.45) is 0 Å². The molecule has 7 nitrogen and oxygen atoms in total. The molecule has 132 valence electrons. The van der Waals surface area contributed by atoms with E-state index in [9.17, 15) is 4.79 Å². The Labute approximate surface area is 146 Å². The molecule has 1 amide bonds. The van der Waals surface area contributed by atoms with E-state index in [2.05, 4.69) is 20.6 Å². The molecule has 0 aromatic carbocycles. The van der Waals surface area contributed by atoms with Crippen LogP contribution in [-0.4, -0.2) is 48.3 Å². The van der Waals surface area contributed by atoms with Gasteiger partial charge in [0.05, 0.1) is 24.9 Å². The highest BCUT2D eigenvalue weighted by atomic mass is 16.5. The standard InChI is InChI=1S/C18H22N4O3/c1-19-17-10-13(5-8-21-17)18(23)22-15-6-9-24-12-16(15)25-11-14-4-2-3-7-20-14/h2-5,7-8,10,15-16H,6,9,11-12H2,1H3,(H,19,21)(H,22,23)/t15-,16-/m1/s1. The number of pyridine rings is 2. The first-order valence-corrected chi connectivity index (χ1v) is 8.30. The van der Waals surface area contributed by atoms with Gasteiger partial charge in [-0.25, -0.2) is 4.98 Å². The molecule has 0 radical (unpaired) electrons. The summed E-state index contributed by atoms with van der Waals surface area (Å²) in [6.45, 7) is 1.45. The fourth-order valence-corrected chi connectivity index (χ4v) is 2.68. The number of nitrogens with one attached hydrogen (secondary N) is 2. The number of hydrogen-bond acceptors (Lipinski definition) is 6. The number of amides is 1. The summed E-state index contributed by atoms with van der Waals surface area (Å²) < 4.78 is 11.4. The third-order valence-corrected chi connectivity index (χ3v) is 4.07. The van der Waals surface area contributed by atoms with E-state index in [1.54, 1.807) is 31.6 Å². The van der Waals surface area contributed by atoms with Gasteiger partial charge in [-0.05, 0) is 30.7 Å². The van der Waals surface area contributed by atoms with E-state index in [1.807, 2.05) is 18.2 Å². The Morgan fingerprint density at radius 2 is 2.24 bits per heavy atom. The summed E-state index contributed by atoms with van der Waals surface area (Å²) in [5.41, 5.74) is 1.42. The first-order chi connectivity index (χ1) is 12.3. The number of rotatable bonds is 6. The summed E-state index contributed by atoms with van der Waals surface area (Å²) in [5, 5.41) is 5.98. The maximum Gasteiger partial charge on any atom is 0.251 e. The molecule has 2 N–H and O–H groups in total. The Hall–Kier alpha value is -2.51. The first kappa shape index (κ1) is 17.3. The molecule has 1 saturated heterocycles. The monoisotopic (exact) mass is 342 g/mol. The van der Waals surface area contributed by atoms with Gasteiger partial charge in [0.15, 0.2) is 0 Å². The van der Waals surface area contributed by atoms with Crippen LogP contribution in [0, 0.1) is 0 Å². The van der Waals surface area contributed by atoms with Crippen LogP contribution in [0.5, 0.6) is 0 Å². The van der Waals surface area contributed by atoms with Crippen molar-refractivity contribution in [2.75, 3.05) is 25.6 Å². The maximum absolute atomic E-state index is 12.5. The van der Waals surface area contributed by atoms with Gasteiger partial charge in [-0.3, -0.25) is 9.78 Å². The third kappa shape index (κ3) is 4.74. The van der Waals surface area contributed by atoms with Gasteiger partial charge in [-0.15, -0.1) is 0 Å². The van der Waals surface area contributed by atoms with Crippen molar-refractivity contribution in [3.8, 4) is 0 Å². The number of aromatic nitrogens is 2. The third-order valence-electron chi connectivity index (χ3n) is 4.07. The van der Waals surface area contributed by atoms with Crippen molar-refractivity contribution < 1.29 is 14.3 Å². The van der Waals surface area contributed by atoms with Crippen LogP contribution in [0.3, 0.4) is 0 Å². The zero-order chi connectivity index (χ0) is 17.5. The van der Waals surface area contributed by atoms with Crippen molar-refractivity contribution in [1.29, 1.82) is 0 Å². The number of hydrogen-bond donors (Lipinski definition) is 2. The SMILES string of the molecule is CNc1cc(C(=O)N[C@@H]2CCOC[C@H]2OCc2ccccn2)ccn1. The van der Waals surface area contributed by atoms with Crippen LogP contribution in [-0.2, 0) is 16.1 Å². The summed E-state index contributed by atoms with van der Waals surface area (Å²) in [5.74, 6) is 0.514. The van der Waals surface area contributed by atoms with Crippen LogP contribution in [0.15, 0.2) is 42.7 Å². The van der Waals surface area contributed by atoms with Gasteiger partial charge in [0.1, 0.15) is 11.9 Å². The van der Waals surface area contributed by atoms with E-state index in [0.717, 1.165) is 5.69 Å². The second-order valence-corrected chi connectivity index (χ2v) is 5.79. The second-order valence-electron chi connectivity index (χ2n) is 5.79. The van der Waals surface area contributed by atoms with Crippen molar-refractivity contribution >= 4 is 11.7 Å². The van der Waals surface area contributed by atoms with E-state index in [-0.39, 0.29) is 18.1 Å². The van der Waals surface area contributed by atoms with Gasteiger partial charge >= 0.3 is 0 Å². The Morgan fingerprint density at radius 1 is 1.32 bits per heavy atom. The van der Waals surface area contributed by atoms with Crippen LogP contribution in [0.25, 0.3) is 0 Å².